The molecular formula is C10H11F3O. The second-order valence-electron chi connectivity index (χ2n) is 3.17. The van der Waals surface area contributed by atoms with Gasteiger partial charge in [-0.15, -0.1) is 0 Å². The quantitative estimate of drug-likeness (QED) is 0.802. The molecule has 0 amide bonds. The lowest BCUT2D eigenvalue weighted by Gasteiger charge is -2.11. The first-order valence-electron chi connectivity index (χ1n) is 4.24. The van der Waals surface area contributed by atoms with E-state index in [2.05, 4.69) is 0 Å². The fraction of sp³-hybridized carbons (Fsp3) is 0.400. The molecule has 1 N–H and O–H groups in total. The van der Waals surface area contributed by atoms with Gasteiger partial charge in [-0.25, -0.2) is 13.2 Å². The molecule has 0 aliphatic carbocycles. The molecule has 1 aromatic rings. The number of benzene rings is 1. The number of rotatable bonds is 3. The lowest BCUT2D eigenvalue weighted by Crippen LogP contribution is -2.03. The van der Waals surface area contributed by atoms with Gasteiger partial charge in [-0.2, -0.15) is 0 Å². The molecule has 4 heteroatoms. The monoisotopic (exact) mass is 204 g/mol. The molecule has 1 rings (SSSR count). The van der Waals surface area contributed by atoms with Gasteiger partial charge in [-0.1, -0.05) is 13.0 Å². The highest BCUT2D eigenvalue weighted by molar-refractivity contribution is 5.28. The first kappa shape index (κ1) is 11.0. The van der Waals surface area contributed by atoms with E-state index < -0.39 is 18.2 Å². The van der Waals surface area contributed by atoms with Gasteiger partial charge >= 0.3 is 0 Å². The summed E-state index contributed by atoms with van der Waals surface area (Å²) in [6.07, 6.45) is -2.61. The summed E-state index contributed by atoms with van der Waals surface area (Å²) in [4.78, 5) is 0. The molecule has 1 aromatic carbocycles. The molecule has 0 fully saturated rings. The van der Waals surface area contributed by atoms with Crippen molar-refractivity contribution in [1.29, 1.82) is 0 Å². The van der Waals surface area contributed by atoms with Crippen LogP contribution in [0.1, 0.15) is 30.4 Å². The molecule has 0 aliphatic heterocycles. The van der Waals surface area contributed by atoms with Crippen LogP contribution in [-0.4, -0.2) is 11.7 Å². The molecule has 0 bridgehead atoms. The van der Waals surface area contributed by atoms with Crippen LogP contribution in [0, 0.1) is 5.82 Å². The van der Waals surface area contributed by atoms with Crippen molar-refractivity contribution in [3.8, 4) is 0 Å². The van der Waals surface area contributed by atoms with Crippen LogP contribution < -0.4 is 0 Å². The zero-order valence-electron chi connectivity index (χ0n) is 7.67. The third kappa shape index (κ3) is 2.26. The summed E-state index contributed by atoms with van der Waals surface area (Å²) in [5.74, 6) is -1.02. The summed E-state index contributed by atoms with van der Waals surface area (Å²) in [7, 11) is 0. The lowest BCUT2D eigenvalue weighted by atomic mass is 9.99. The SMILES string of the molecule is CC(CO)c1cc(C(F)F)ccc1F. The van der Waals surface area contributed by atoms with Crippen molar-refractivity contribution in [3.63, 3.8) is 0 Å². The highest BCUT2D eigenvalue weighted by Gasteiger charge is 2.14. The number of hydrogen-bond acceptors (Lipinski definition) is 1. The fourth-order valence-corrected chi connectivity index (χ4v) is 1.17. The Morgan fingerprint density at radius 2 is 2.00 bits per heavy atom. The zero-order valence-corrected chi connectivity index (χ0v) is 7.67. The van der Waals surface area contributed by atoms with E-state index >= 15 is 0 Å². The normalized spacial score (nSPS) is 13.3. The van der Waals surface area contributed by atoms with E-state index in [1.54, 1.807) is 6.92 Å². The second kappa shape index (κ2) is 4.46. The van der Waals surface area contributed by atoms with Gasteiger partial charge < -0.3 is 5.11 Å². The largest absolute Gasteiger partial charge is 0.396 e. The van der Waals surface area contributed by atoms with Crippen LogP contribution >= 0.6 is 0 Å². The highest BCUT2D eigenvalue weighted by Crippen LogP contribution is 2.25. The highest BCUT2D eigenvalue weighted by atomic mass is 19.3. The standard InChI is InChI=1S/C10H11F3O/c1-6(5-14)8-4-7(10(12)13)2-3-9(8)11/h2-4,6,10,14H,5H2,1H3. The first-order valence-corrected chi connectivity index (χ1v) is 4.24. The molecule has 78 valence electrons. The van der Waals surface area contributed by atoms with Crippen LogP contribution in [0.15, 0.2) is 18.2 Å². The molecule has 1 atom stereocenters. The maximum Gasteiger partial charge on any atom is 0.263 e. The van der Waals surface area contributed by atoms with Crippen molar-refractivity contribution >= 4 is 0 Å². The van der Waals surface area contributed by atoms with Crippen molar-refractivity contribution in [1.82, 2.24) is 0 Å². The maximum absolute atomic E-state index is 13.1. The Bertz CT molecular complexity index is 312. The van der Waals surface area contributed by atoms with E-state index in [0.29, 0.717) is 0 Å². The van der Waals surface area contributed by atoms with Gasteiger partial charge in [-0.3, -0.25) is 0 Å². The molecule has 0 spiro atoms. The summed E-state index contributed by atoms with van der Waals surface area (Å²) >= 11 is 0. The van der Waals surface area contributed by atoms with Gasteiger partial charge in [0.15, 0.2) is 0 Å². The maximum atomic E-state index is 13.1. The molecule has 0 aliphatic rings. The molecule has 1 nitrogen and oxygen atoms in total. The molecule has 0 saturated carbocycles. The summed E-state index contributed by atoms with van der Waals surface area (Å²) in [5.41, 5.74) is -0.0907. The first-order chi connectivity index (χ1) is 6.56. The second-order valence-corrected chi connectivity index (χ2v) is 3.17. The average Bonchev–Trinajstić information content (AvgIpc) is 2.17. The van der Waals surface area contributed by atoms with Crippen molar-refractivity contribution in [2.75, 3.05) is 6.61 Å². The van der Waals surface area contributed by atoms with Crippen molar-refractivity contribution in [2.45, 2.75) is 19.3 Å². The number of aliphatic hydroxyl groups is 1. The predicted octanol–water partition coefficient (Wildman–Crippen LogP) is 2.86. The van der Waals surface area contributed by atoms with Gasteiger partial charge in [-0.05, 0) is 17.7 Å². The zero-order chi connectivity index (χ0) is 10.7. The lowest BCUT2D eigenvalue weighted by molar-refractivity contribution is 0.151. The van der Waals surface area contributed by atoms with E-state index in [1.807, 2.05) is 0 Å². The van der Waals surface area contributed by atoms with Crippen LogP contribution in [0.5, 0.6) is 0 Å². The van der Waals surface area contributed by atoms with Gasteiger partial charge in [0.25, 0.3) is 6.43 Å². The smallest absolute Gasteiger partial charge is 0.263 e. The Kier molecular flexibility index (Phi) is 3.52. The Hall–Kier alpha value is -1.03. The summed E-state index contributed by atoms with van der Waals surface area (Å²) in [5, 5.41) is 8.79. The van der Waals surface area contributed by atoms with E-state index in [0.717, 1.165) is 18.2 Å². The number of aliphatic hydroxyl groups excluding tert-OH is 1. The Labute approximate surface area is 80.2 Å². The Morgan fingerprint density at radius 3 is 2.50 bits per heavy atom. The van der Waals surface area contributed by atoms with Crippen LogP contribution in [0.2, 0.25) is 0 Å². The Balaban J connectivity index is 3.08. The molecule has 0 aromatic heterocycles. The van der Waals surface area contributed by atoms with E-state index in [9.17, 15) is 13.2 Å². The average molecular weight is 204 g/mol. The van der Waals surface area contributed by atoms with Crippen molar-refractivity contribution in [3.05, 3.63) is 35.1 Å². The summed E-state index contributed by atoms with van der Waals surface area (Å²) in [6.45, 7) is 1.32. The molecule has 0 saturated heterocycles. The molecule has 14 heavy (non-hydrogen) atoms. The van der Waals surface area contributed by atoms with Crippen LogP contribution in [0.3, 0.4) is 0 Å². The van der Waals surface area contributed by atoms with Gasteiger partial charge in [0, 0.05) is 18.1 Å². The van der Waals surface area contributed by atoms with E-state index in [-0.39, 0.29) is 17.7 Å². The van der Waals surface area contributed by atoms with Crippen molar-refractivity contribution < 1.29 is 18.3 Å². The Morgan fingerprint density at radius 1 is 1.36 bits per heavy atom. The van der Waals surface area contributed by atoms with Gasteiger partial charge in [0.05, 0.1) is 0 Å². The van der Waals surface area contributed by atoms with Gasteiger partial charge in [0.2, 0.25) is 0 Å². The predicted molar refractivity (Wildman–Crippen MR) is 46.9 cm³/mol. The topological polar surface area (TPSA) is 20.2 Å². The fourth-order valence-electron chi connectivity index (χ4n) is 1.17. The van der Waals surface area contributed by atoms with Crippen LogP contribution in [-0.2, 0) is 0 Å². The minimum atomic E-state index is -2.61. The minimum Gasteiger partial charge on any atom is -0.396 e. The number of hydrogen-bond donors (Lipinski definition) is 1. The minimum absolute atomic E-state index is 0.130. The molecule has 0 heterocycles. The summed E-state index contributed by atoms with van der Waals surface area (Å²) in [6, 6.07) is 3.15. The van der Waals surface area contributed by atoms with E-state index in [1.165, 1.54) is 0 Å². The number of halogens is 3. The molecule has 0 radical (unpaired) electrons. The van der Waals surface area contributed by atoms with Crippen molar-refractivity contribution in [2.24, 2.45) is 0 Å². The summed E-state index contributed by atoms with van der Waals surface area (Å²) < 4.78 is 37.6. The van der Waals surface area contributed by atoms with Gasteiger partial charge in [0.1, 0.15) is 5.82 Å². The number of alkyl halides is 2. The van der Waals surface area contributed by atoms with Crippen LogP contribution in [0.4, 0.5) is 13.2 Å². The van der Waals surface area contributed by atoms with E-state index in [4.69, 9.17) is 5.11 Å². The third-order valence-corrected chi connectivity index (χ3v) is 2.08. The third-order valence-electron chi connectivity index (χ3n) is 2.08. The van der Waals surface area contributed by atoms with Crippen LogP contribution in [0.25, 0.3) is 0 Å². The molecule has 1 unspecified atom stereocenters. The molecular weight excluding hydrogens is 193 g/mol.